The van der Waals surface area contributed by atoms with E-state index >= 15 is 0 Å². The van der Waals surface area contributed by atoms with Crippen LogP contribution < -0.4 is 9.80 Å². The lowest BCUT2D eigenvalue weighted by molar-refractivity contribution is 0.794. The van der Waals surface area contributed by atoms with Crippen LogP contribution >= 0.6 is 0 Å². The minimum Gasteiger partial charge on any atom is -0.344 e. The lowest BCUT2D eigenvalue weighted by Crippen LogP contribution is -2.26. The van der Waals surface area contributed by atoms with Crippen LogP contribution in [-0.2, 0) is 5.41 Å². The zero-order valence-corrected chi connectivity index (χ0v) is 38.5. The molecular formula is C67H46N2. The summed E-state index contributed by atoms with van der Waals surface area (Å²) < 4.78 is 0. The Bertz CT molecular complexity index is 3560. The second kappa shape index (κ2) is 15.2. The Morgan fingerprint density at radius 1 is 0.246 bits per heavy atom. The molecule has 0 bridgehead atoms. The summed E-state index contributed by atoms with van der Waals surface area (Å²) in [5, 5.41) is 0. The third kappa shape index (κ3) is 5.92. The summed E-state index contributed by atoms with van der Waals surface area (Å²) in [7, 11) is 4.34. The van der Waals surface area contributed by atoms with Crippen molar-refractivity contribution < 1.29 is 0 Å². The molecule has 10 aromatic carbocycles. The lowest BCUT2D eigenvalue weighted by atomic mass is 9.70. The zero-order valence-electron chi connectivity index (χ0n) is 38.5. The van der Waals surface area contributed by atoms with Gasteiger partial charge in [-0.05, 0) is 148 Å². The number of rotatable bonds is 4. The summed E-state index contributed by atoms with van der Waals surface area (Å²) in [6, 6.07) is 81.8. The Labute approximate surface area is 404 Å². The van der Waals surface area contributed by atoms with Gasteiger partial charge in [0.05, 0.1) is 5.41 Å². The number of benzene rings is 10. The molecule has 2 heteroatoms. The van der Waals surface area contributed by atoms with Crippen molar-refractivity contribution in [1.82, 2.24) is 0 Å². The highest BCUT2D eigenvalue weighted by Crippen LogP contribution is 2.63. The number of hydrogen-bond donors (Lipinski definition) is 0. The van der Waals surface area contributed by atoms with E-state index in [0.717, 1.165) is 0 Å². The maximum atomic E-state index is 2.49. The molecule has 324 valence electrons. The number of anilines is 4. The highest BCUT2D eigenvalue weighted by atomic mass is 15.1. The van der Waals surface area contributed by atoms with Gasteiger partial charge in [-0.15, -0.1) is 0 Å². The Balaban J connectivity index is 0.837. The molecule has 2 nitrogen and oxygen atoms in total. The van der Waals surface area contributed by atoms with E-state index in [1.165, 1.54) is 134 Å². The van der Waals surface area contributed by atoms with Gasteiger partial charge in [-0.3, -0.25) is 0 Å². The van der Waals surface area contributed by atoms with E-state index < -0.39 is 5.41 Å². The van der Waals surface area contributed by atoms with Gasteiger partial charge in [0.2, 0.25) is 0 Å². The predicted molar refractivity (Wildman–Crippen MR) is 291 cm³/mol. The van der Waals surface area contributed by atoms with E-state index in [-0.39, 0.29) is 0 Å². The molecule has 2 heterocycles. The summed E-state index contributed by atoms with van der Waals surface area (Å²) in [5.74, 6) is 0. The molecule has 0 saturated heterocycles. The van der Waals surface area contributed by atoms with Crippen molar-refractivity contribution in [1.29, 1.82) is 0 Å². The standard InChI is InChI=1S/C67H46N2/c1-68-63-17-9-3-11-47(63)27-29-49-31-33-53(41-65(49)68)45-23-19-43(20-24-45)51-35-37-57-58-38-36-52(40-62(58)67(61(57)39-51)59-15-7-5-13-55(59)56-14-6-8-16-60(56)67)44-21-25-46(26-22-44)54-34-32-50-30-28-48-12-4-10-18-64(48)69(2)66(50)42-54/h3-42H,1-2H3. The summed E-state index contributed by atoms with van der Waals surface area (Å²) in [5.41, 5.74) is 29.6. The monoisotopic (exact) mass is 878 g/mol. The third-order valence-corrected chi connectivity index (χ3v) is 15.5. The molecule has 10 aromatic rings. The molecule has 4 aliphatic rings. The molecule has 0 atom stereocenters. The maximum absolute atomic E-state index is 2.49. The molecule has 1 spiro atoms. The molecule has 0 amide bonds. The highest BCUT2D eigenvalue weighted by Gasteiger charge is 2.51. The number of para-hydroxylation sites is 2. The highest BCUT2D eigenvalue weighted by molar-refractivity contribution is 5.98. The van der Waals surface area contributed by atoms with Crippen LogP contribution in [-0.4, -0.2) is 14.1 Å². The Kier molecular flexibility index (Phi) is 8.66. The Hall–Kier alpha value is -8.72. The smallest absolute Gasteiger partial charge is 0.0725 e. The van der Waals surface area contributed by atoms with Crippen molar-refractivity contribution in [2.45, 2.75) is 5.41 Å². The van der Waals surface area contributed by atoms with Crippen molar-refractivity contribution in [3.05, 3.63) is 263 Å². The molecule has 2 aliphatic carbocycles. The average Bonchev–Trinajstić information content (AvgIpc) is 3.76. The quantitative estimate of drug-likeness (QED) is 0.174. The van der Waals surface area contributed by atoms with Gasteiger partial charge in [0.1, 0.15) is 0 Å². The van der Waals surface area contributed by atoms with Crippen LogP contribution in [0.15, 0.2) is 218 Å². The fourth-order valence-corrected chi connectivity index (χ4v) is 12.0. The van der Waals surface area contributed by atoms with Gasteiger partial charge in [-0.1, -0.05) is 206 Å². The van der Waals surface area contributed by atoms with Crippen LogP contribution in [0.25, 0.3) is 91.1 Å². The van der Waals surface area contributed by atoms with Crippen LogP contribution in [0.4, 0.5) is 22.7 Å². The van der Waals surface area contributed by atoms with Crippen molar-refractivity contribution in [3.63, 3.8) is 0 Å². The second-order valence-electron chi connectivity index (χ2n) is 19.0. The maximum Gasteiger partial charge on any atom is 0.0725 e. The van der Waals surface area contributed by atoms with E-state index in [0.29, 0.717) is 0 Å². The number of hydrogen-bond acceptors (Lipinski definition) is 2. The SMILES string of the molecule is CN1c2ccccc2C=Cc2ccc(-c3ccc(-c4ccc5c(c4)C4(c6ccccc6-c6ccccc64)c4cc(-c6ccc(-c7ccc8c(c7)N(C)c7ccccc7C=C8)cc6)ccc4-5)cc3)cc21. The van der Waals surface area contributed by atoms with Gasteiger partial charge in [0, 0.05) is 36.8 Å². The molecule has 14 rings (SSSR count). The summed E-state index contributed by atoms with van der Waals surface area (Å²) in [6.45, 7) is 0. The first-order valence-corrected chi connectivity index (χ1v) is 24.0. The molecule has 0 fully saturated rings. The van der Waals surface area contributed by atoms with Crippen molar-refractivity contribution >= 4 is 47.1 Å². The van der Waals surface area contributed by atoms with Gasteiger partial charge < -0.3 is 9.80 Å². The van der Waals surface area contributed by atoms with Crippen molar-refractivity contribution in [3.8, 4) is 66.8 Å². The average molecular weight is 879 g/mol. The summed E-state index contributed by atoms with van der Waals surface area (Å²) in [6.07, 6.45) is 8.91. The zero-order chi connectivity index (χ0) is 45.8. The summed E-state index contributed by atoms with van der Waals surface area (Å²) in [4.78, 5) is 4.63. The molecule has 0 unspecified atom stereocenters. The summed E-state index contributed by atoms with van der Waals surface area (Å²) >= 11 is 0. The molecule has 0 saturated carbocycles. The first kappa shape index (κ1) is 39.4. The molecule has 2 aliphatic heterocycles. The van der Waals surface area contributed by atoms with E-state index in [4.69, 9.17) is 0 Å². The van der Waals surface area contributed by atoms with Gasteiger partial charge >= 0.3 is 0 Å². The minimum absolute atomic E-state index is 0.467. The number of fused-ring (bicyclic) bond motifs is 14. The molecule has 0 radical (unpaired) electrons. The van der Waals surface area contributed by atoms with E-state index in [1.807, 2.05) is 0 Å². The third-order valence-electron chi connectivity index (χ3n) is 15.5. The van der Waals surface area contributed by atoms with E-state index in [2.05, 4.69) is 267 Å². The minimum atomic E-state index is -0.467. The first-order chi connectivity index (χ1) is 34.0. The van der Waals surface area contributed by atoms with Crippen LogP contribution in [0.2, 0.25) is 0 Å². The van der Waals surface area contributed by atoms with Crippen molar-refractivity contribution in [2.24, 2.45) is 0 Å². The van der Waals surface area contributed by atoms with E-state index in [1.54, 1.807) is 0 Å². The van der Waals surface area contributed by atoms with Crippen LogP contribution in [0.5, 0.6) is 0 Å². The molecule has 0 N–H and O–H groups in total. The van der Waals surface area contributed by atoms with E-state index in [9.17, 15) is 0 Å². The molecule has 69 heavy (non-hydrogen) atoms. The number of nitrogens with zero attached hydrogens (tertiary/aromatic N) is 2. The Morgan fingerprint density at radius 2 is 0.551 bits per heavy atom. The lowest BCUT2D eigenvalue weighted by Gasteiger charge is -2.31. The topological polar surface area (TPSA) is 6.48 Å². The molecule has 0 aromatic heterocycles. The largest absolute Gasteiger partial charge is 0.344 e. The second-order valence-corrected chi connectivity index (χ2v) is 19.0. The fraction of sp³-hybridized carbons (Fsp3) is 0.0448. The van der Waals surface area contributed by atoms with Crippen LogP contribution in [0, 0.1) is 0 Å². The van der Waals surface area contributed by atoms with Crippen LogP contribution in [0.3, 0.4) is 0 Å². The van der Waals surface area contributed by atoms with Crippen molar-refractivity contribution in [2.75, 3.05) is 23.9 Å². The predicted octanol–water partition coefficient (Wildman–Crippen LogP) is 17.2. The fourth-order valence-electron chi connectivity index (χ4n) is 12.0. The first-order valence-electron chi connectivity index (χ1n) is 24.0. The van der Waals surface area contributed by atoms with Crippen LogP contribution in [0.1, 0.15) is 44.5 Å². The Morgan fingerprint density at radius 3 is 0.971 bits per heavy atom. The van der Waals surface area contributed by atoms with Gasteiger partial charge in [0.15, 0.2) is 0 Å². The molecular weight excluding hydrogens is 833 g/mol. The van der Waals surface area contributed by atoms with Gasteiger partial charge in [0.25, 0.3) is 0 Å². The normalized spacial score (nSPS) is 13.9. The van der Waals surface area contributed by atoms with Gasteiger partial charge in [-0.25, -0.2) is 0 Å². The van der Waals surface area contributed by atoms with Gasteiger partial charge in [-0.2, -0.15) is 0 Å².